The molecule has 84 valence electrons. The highest BCUT2D eigenvalue weighted by Crippen LogP contribution is 2.18. The first-order valence-electron chi connectivity index (χ1n) is 6.10. The zero-order valence-corrected chi connectivity index (χ0v) is 10.2. The van der Waals surface area contributed by atoms with Crippen LogP contribution in [0, 0.1) is 0 Å². The van der Waals surface area contributed by atoms with Gasteiger partial charge in [-0.05, 0) is 38.4 Å². The quantitative estimate of drug-likeness (QED) is 0.715. The Hall–Kier alpha value is -0.820. The number of rotatable bonds is 2. The first-order chi connectivity index (χ1) is 7.36. The monoisotopic (exact) mass is 205 g/mol. The minimum Gasteiger partial charge on any atom is -0.303 e. The second-order valence-electron chi connectivity index (χ2n) is 3.97. The van der Waals surface area contributed by atoms with Crippen molar-refractivity contribution < 1.29 is 0 Å². The van der Waals surface area contributed by atoms with Gasteiger partial charge in [-0.1, -0.05) is 44.2 Å². The fraction of sp³-hybridized carbons (Fsp3) is 0.571. The van der Waals surface area contributed by atoms with Crippen LogP contribution in [0.15, 0.2) is 30.3 Å². The minimum absolute atomic E-state index is 0.780. The van der Waals surface area contributed by atoms with E-state index in [1.807, 2.05) is 13.8 Å². The first-order valence-corrected chi connectivity index (χ1v) is 6.10. The van der Waals surface area contributed by atoms with Gasteiger partial charge in [-0.2, -0.15) is 0 Å². The molecule has 1 fully saturated rings. The largest absolute Gasteiger partial charge is 0.303 e. The van der Waals surface area contributed by atoms with Gasteiger partial charge in [-0.15, -0.1) is 0 Å². The molecule has 0 N–H and O–H groups in total. The highest BCUT2D eigenvalue weighted by Gasteiger charge is 2.20. The van der Waals surface area contributed by atoms with Crippen LogP contribution in [0.1, 0.15) is 32.3 Å². The third kappa shape index (κ3) is 3.67. The molecule has 0 saturated carbocycles. The van der Waals surface area contributed by atoms with Gasteiger partial charge < -0.3 is 4.90 Å². The van der Waals surface area contributed by atoms with Crippen LogP contribution in [0.5, 0.6) is 0 Å². The van der Waals surface area contributed by atoms with Gasteiger partial charge >= 0.3 is 0 Å². The summed E-state index contributed by atoms with van der Waals surface area (Å²) in [5.41, 5.74) is 1.47. The summed E-state index contributed by atoms with van der Waals surface area (Å²) >= 11 is 0. The van der Waals surface area contributed by atoms with Crippen LogP contribution in [0.25, 0.3) is 0 Å². The predicted molar refractivity (Wildman–Crippen MR) is 67.1 cm³/mol. The molecular weight excluding hydrogens is 182 g/mol. The summed E-state index contributed by atoms with van der Waals surface area (Å²) in [6.07, 6.45) is 3.96. The standard InChI is InChI=1S/C12H17N.C2H6/c1-13-9-5-8-12(13)10-11-6-3-2-4-7-11;1-2/h2-4,6-7,12H,5,8-10H2,1H3;1-2H3. The smallest absolute Gasteiger partial charge is 0.0133 e. The van der Waals surface area contributed by atoms with E-state index in [0.29, 0.717) is 0 Å². The first kappa shape index (κ1) is 12.3. The predicted octanol–water partition coefficient (Wildman–Crippen LogP) is 3.35. The Balaban J connectivity index is 0.000000531. The molecule has 0 spiro atoms. The number of nitrogens with zero attached hydrogens (tertiary/aromatic N) is 1. The summed E-state index contributed by atoms with van der Waals surface area (Å²) in [6, 6.07) is 11.6. The second kappa shape index (κ2) is 6.62. The molecule has 1 unspecified atom stereocenters. The van der Waals surface area contributed by atoms with Crippen molar-refractivity contribution in [3.05, 3.63) is 35.9 Å². The maximum absolute atomic E-state index is 2.48. The molecule has 1 aliphatic heterocycles. The molecule has 2 rings (SSSR count). The number of hydrogen-bond acceptors (Lipinski definition) is 1. The molecule has 15 heavy (non-hydrogen) atoms. The third-order valence-electron chi connectivity index (χ3n) is 2.99. The lowest BCUT2D eigenvalue weighted by Gasteiger charge is -2.19. The Kier molecular flexibility index (Phi) is 5.41. The fourth-order valence-electron chi connectivity index (χ4n) is 2.12. The fourth-order valence-corrected chi connectivity index (χ4v) is 2.12. The minimum atomic E-state index is 0.780. The van der Waals surface area contributed by atoms with Crippen molar-refractivity contribution >= 4 is 0 Å². The lowest BCUT2D eigenvalue weighted by atomic mass is 10.0. The summed E-state index contributed by atoms with van der Waals surface area (Å²) in [5, 5.41) is 0. The van der Waals surface area contributed by atoms with Gasteiger partial charge in [0.1, 0.15) is 0 Å². The average molecular weight is 205 g/mol. The van der Waals surface area contributed by atoms with E-state index in [1.54, 1.807) is 0 Å². The van der Waals surface area contributed by atoms with E-state index in [-0.39, 0.29) is 0 Å². The van der Waals surface area contributed by atoms with Gasteiger partial charge in [0.2, 0.25) is 0 Å². The highest BCUT2D eigenvalue weighted by molar-refractivity contribution is 5.16. The topological polar surface area (TPSA) is 3.24 Å². The van der Waals surface area contributed by atoms with Crippen LogP contribution in [0.4, 0.5) is 0 Å². The van der Waals surface area contributed by atoms with E-state index in [1.165, 1.54) is 31.4 Å². The SMILES string of the molecule is CC.CN1CCCC1Cc1ccccc1. The van der Waals surface area contributed by atoms with Crippen LogP contribution in [-0.2, 0) is 6.42 Å². The summed E-state index contributed by atoms with van der Waals surface area (Å²) in [7, 11) is 2.24. The molecule has 0 amide bonds. The number of likely N-dealkylation sites (N-methyl/N-ethyl adjacent to an activating group) is 1. The van der Waals surface area contributed by atoms with Crippen LogP contribution in [0.2, 0.25) is 0 Å². The average Bonchev–Trinajstić information content (AvgIpc) is 2.69. The maximum atomic E-state index is 2.48. The molecule has 1 atom stereocenters. The zero-order valence-electron chi connectivity index (χ0n) is 10.2. The second-order valence-corrected chi connectivity index (χ2v) is 3.97. The molecular formula is C14H23N. The van der Waals surface area contributed by atoms with E-state index in [0.717, 1.165) is 6.04 Å². The van der Waals surface area contributed by atoms with Gasteiger partial charge in [0, 0.05) is 6.04 Å². The van der Waals surface area contributed by atoms with Gasteiger partial charge in [0.25, 0.3) is 0 Å². The lowest BCUT2D eigenvalue weighted by Crippen LogP contribution is -2.26. The molecule has 0 bridgehead atoms. The van der Waals surface area contributed by atoms with E-state index >= 15 is 0 Å². The summed E-state index contributed by atoms with van der Waals surface area (Å²) in [4.78, 5) is 2.48. The van der Waals surface area contributed by atoms with E-state index in [4.69, 9.17) is 0 Å². The van der Waals surface area contributed by atoms with Crippen LogP contribution < -0.4 is 0 Å². The normalized spacial score (nSPS) is 20.9. The van der Waals surface area contributed by atoms with Crippen molar-refractivity contribution in [1.29, 1.82) is 0 Å². The summed E-state index contributed by atoms with van der Waals surface area (Å²) in [6.45, 7) is 5.28. The molecule has 1 heteroatoms. The summed E-state index contributed by atoms with van der Waals surface area (Å²) in [5.74, 6) is 0. The van der Waals surface area contributed by atoms with E-state index < -0.39 is 0 Å². The molecule has 0 aromatic heterocycles. The van der Waals surface area contributed by atoms with Crippen molar-refractivity contribution in [2.75, 3.05) is 13.6 Å². The molecule has 0 aliphatic carbocycles. The van der Waals surface area contributed by atoms with Crippen LogP contribution >= 0.6 is 0 Å². The van der Waals surface area contributed by atoms with Gasteiger partial charge in [-0.25, -0.2) is 0 Å². The van der Waals surface area contributed by atoms with Crippen molar-refractivity contribution in [2.24, 2.45) is 0 Å². The molecule has 0 radical (unpaired) electrons. The highest BCUT2D eigenvalue weighted by atomic mass is 15.1. The van der Waals surface area contributed by atoms with Gasteiger partial charge in [0.05, 0.1) is 0 Å². The Morgan fingerprint density at radius 3 is 2.40 bits per heavy atom. The Morgan fingerprint density at radius 2 is 1.87 bits per heavy atom. The van der Waals surface area contributed by atoms with Crippen LogP contribution in [-0.4, -0.2) is 24.5 Å². The molecule has 1 aliphatic rings. The summed E-state index contributed by atoms with van der Waals surface area (Å²) < 4.78 is 0. The van der Waals surface area contributed by atoms with Gasteiger partial charge in [0.15, 0.2) is 0 Å². The van der Waals surface area contributed by atoms with Gasteiger partial charge in [-0.3, -0.25) is 0 Å². The van der Waals surface area contributed by atoms with Crippen molar-refractivity contribution in [3.8, 4) is 0 Å². The molecule has 1 heterocycles. The van der Waals surface area contributed by atoms with Crippen LogP contribution in [0.3, 0.4) is 0 Å². The zero-order chi connectivity index (χ0) is 11.1. The maximum Gasteiger partial charge on any atom is 0.0133 e. The Labute approximate surface area is 94.1 Å². The number of hydrogen-bond donors (Lipinski definition) is 0. The van der Waals surface area contributed by atoms with Crippen molar-refractivity contribution in [1.82, 2.24) is 4.90 Å². The number of likely N-dealkylation sites (tertiary alicyclic amines) is 1. The van der Waals surface area contributed by atoms with Crippen molar-refractivity contribution in [2.45, 2.75) is 39.2 Å². The Morgan fingerprint density at radius 1 is 1.20 bits per heavy atom. The molecule has 1 aromatic rings. The van der Waals surface area contributed by atoms with E-state index in [2.05, 4.69) is 42.3 Å². The number of benzene rings is 1. The molecule has 1 nitrogen and oxygen atoms in total. The van der Waals surface area contributed by atoms with Crippen molar-refractivity contribution in [3.63, 3.8) is 0 Å². The van der Waals surface area contributed by atoms with E-state index in [9.17, 15) is 0 Å². The molecule has 1 aromatic carbocycles. The third-order valence-corrected chi connectivity index (χ3v) is 2.99. The Bertz CT molecular complexity index is 255. The lowest BCUT2D eigenvalue weighted by molar-refractivity contribution is 0.309. The molecule has 1 saturated heterocycles.